The van der Waals surface area contributed by atoms with Crippen LogP contribution in [0.4, 0.5) is 5.69 Å². The lowest BCUT2D eigenvalue weighted by Gasteiger charge is -2.10. The van der Waals surface area contributed by atoms with Gasteiger partial charge in [0.15, 0.2) is 5.82 Å². The molecular weight excluding hydrogens is 262 g/mol. The fourth-order valence-corrected chi connectivity index (χ4v) is 2.28. The minimum Gasteiger partial charge on any atom is -0.399 e. The molecule has 3 rings (SSSR count). The monoisotopic (exact) mass is 275 g/mol. The summed E-state index contributed by atoms with van der Waals surface area (Å²) in [4.78, 5) is 0. The molecule has 0 radical (unpaired) electrons. The number of anilines is 1. The zero-order valence-corrected chi connectivity index (χ0v) is 11.5. The Bertz CT molecular complexity index is 842. The molecule has 0 spiro atoms. The van der Waals surface area contributed by atoms with Crippen molar-refractivity contribution < 1.29 is 0 Å². The Labute approximate surface area is 122 Å². The predicted octanol–water partition coefficient (Wildman–Crippen LogP) is 2.60. The van der Waals surface area contributed by atoms with Crippen LogP contribution in [0.15, 0.2) is 48.8 Å². The van der Waals surface area contributed by atoms with Gasteiger partial charge in [-0.25, -0.2) is 0 Å². The average Bonchev–Trinajstić information content (AvgIpc) is 2.92. The van der Waals surface area contributed by atoms with Gasteiger partial charge in [-0.3, -0.25) is 0 Å². The van der Waals surface area contributed by atoms with E-state index in [1.165, 1.54) is 0 Å². The van der Waals surface area contributed by atoms with E-state index in [0.717, 1.165) is 16.7 Å². The maximum absolute atomic E-state index is 9.12. The summed E-state index contributed by atoms with van der Waals surface area (Å²) in [6.07, 6.45) is 1.64. The Morgan fingerprint density at radius 2 is 2.00 bits per heavy atom. The highest BCUT2D eigenvalue weighted by atomic mass is 15.2. The van der Waals surface area contributed by atoms with Crippen molar-refractivity contribution in [2.45, 2.75) is 0 Å². The Hall–Kier alpha value is -3.13. The second-order valence-corrected chi connectivity index (χ2v) is 4.76. The molecule has 0 atom stereocenters. The van der Waals surface area contributed by atoms with E-state index >= 15 is 0 Å². The summed E-state index contributed by atoms with van der Waals surface area (Å²) < 4.78 is 1.83. The molecule has 3 aromatic rings. The van der Waals surface area contributed by atoms with Gasteiger partial charge in [-0.2, -0.15) is 5.26 Å². The third-order valence-corrected chi connectivity index (χ3v) is 3.30. The molecule has 5 nitrogen and oxygen atoms in total. The molecule has 1 aromatic heterocycles. The number of aromatic nitrogens is 3. The van der Waals surface area contributed by atoms with Crippen molar-refractivity contribution >= 4 is 5.69 Å². The maximum atomic E-state index is 9.12. The number of nitrogen functional groups attached to an aromatic ring is 1. The van der Waals surface area contributed by atoms with Crippen LogP contribution in [0.2, 0.25) is 0 Å². The largest absolute Gasteiger partial charge is 0.399 e. The summed E-state index contributed by atoms with van der Waals surface area (Å²) in [7, 11) is 1.87. The van der Waals surface area contributed by atoms with Crippen LogP contribution in [-0.4, -0.2) is 14.8 Å². The highest BCUT2D eigenvalue weighted by Gasteiger charge is 2.13. The maximum Gasteiger partial charge on any atom is 0.164 e. The minimum absolute atomic E-state index is 0.584. The van der Waals surface area contributed by atoms with E-state index < -0.39 is 0 Å². The fraction of sp³-hybridized carbons (Fsp3) is 0.0625. The van der Waals surface area contributed by atoms with E-state index in [-0.39, 0.29) is 0 Å². The Morgan fingerprint density at radius 1 is 1.14 bits per heavy atom. The molecule has 21 heavy (non-hydrogen) atoms. The van der Waals surface area contributed by atoms with Crippen LogP contribution < -0.4 is 5.73 Å². The molecule has 102 valence electrons. The van der Waals surface area contributed by atoms with E-state index in [2.05, 4.69) is 16.3 Å². The summed E-state index contributed by atoms with van der Waals surface area (Å²) in [5.41, 5.74) is 9.96. The summed E-state index contributed by atoms with van der Waals surface area (Å²) >= 11 is 0. The lowest BCUT2D eigenvalue weighted by atomic mass is 9.97. The van der Waals surface area contributed by atoms with Crippen molar-refractivity contribution in [3.8, 4) is 28.6 Å². The van der Waals surface area contributed by atoms with Crippen molar-refractivity contribution in [1.29, 1.82) is 5.26 Å². The van der Waals surface area contributed by atoms with Gasteiger partial charge in [-0.1, -0.05) is 18.2 Å². The van der Waals surface area contributed by atoms with Gasteiger partial charge in [0.25, 0.3) is 0 Å². The molecule has 0 aliphatic rings. The third-order valence-electron chi connectivity index (χ3n) is 3.30. The molecular formula is C16H13N5. The van der Waals surface area contributed by atoms with Gasteiger partial charge in [0.05, 0.1) is 11.6 Å². The topological polar surface area (TPSA) is 80.5 Å². The first-order valence-corrected chi connectivity index (χ1v) is 6.43. The fourth-order valence-electron chi connectivity index (χ4n) is 2.28. The minimum atomic E-state index is 0.584. The first-order valence-electron chi connectivity index (χ1n) is 6.43. The number of hydrogen-bond acceptors (Lipinski definition) is 4. The van der Waals surface area contributed by atoms with Crippen molar-refractivity contribution in [3.63, 3.8) is 0 Å². The van der Waals surface area contributed by atoms with Crippen LogP contribution in [0.3, 0.4) is 0 Å². The average molecular weight is 275 g/mol. The highest BCUT2D eigenvalue weighted by Crippen LogP contribution is 2.32. The standard InChI is InChI=1S/C16H13N5/c1-21-10-19-20-16(21)15-7-11(9-17)5-6-14(15)12-3-2-4-13(18)8-12/h2-8,10H,18H2,1H3. The molecule has 0 fully saturated rings. The van der Waals surface area contributed by atoms with Gasteiger partial charge < -0.3 is 10.3 Å². The number of rotatable bonds is 2. The Kier molecular flexibility index (Phi) is 3.13. The molecule has 0 aliphatic carbocycles. The summed E-state index contributed by atoms with van der Waals surface area (Å²) in [6, 6.07) is 15.3. The lowest BCUT2D eigenvalue weighted by Crippen LogP contribution is -1.95. The predicted molar refractivity (Wildman–Crippen MR) is 81.0 cm³/mol. The van der Waals surface area contributed by atoms with Crippen LogP contribution in [0, 0.1) is 11.3 Å². The van der Waals surface area contributed by atoms with Crippen LogP contribution in [-0.2, 0) is 7.05 Å². The quantitative estimate of drug-likeness (QED) is 0.729. The molecule has 0 saturated carbocycles. The molecule has 5 heteroatoms. The van der Waals surface area contributed by atoms with Crippen molar-refractivity contribution in [1.82, 2.24) is 14.8 Å². The second-order valence-electron chi connectivity index (χ2n) is 4.76. The first-order chi connectivity index (χ1) is 10.2. The summed E-state index contributed by atoms with van der Waals surface area (Å²) in [5.74, 6) is 0.713. The molecule has 0 bridgehead atoms. The molecule has 0 unspecified atom stereocenters. The zero-order chi connectivity index (χ0) is 14.8. The van der Waals surface area contributed by atoms with E-state index in [0.29, 0.717) is 17.1 Å². The van der Waals surface area contributed by atoms with Crippen LogP contribution in [0.5, 0.6) is 0 Å². The molecule has 2 N–H and O–H groups in total. The van der Waals surface area contributed by atoms with E-state index in [4.69, 9.17) is 11.0 Å². The second kappa shape index (κ2) is 5.10. The summed E-state index contributed by atoms with van der Waals surface area (Å²) in [6.45, 7) is 0. The number of nitrogens with two attached hydrogens (primary N) is 1. The molecule has 0 amide bonds. The Balaban J connectivity index is 2.26. The number of nitrogens with zero attached hydrogens (tertiary/aromatic N) is 4. The van der Waals surface area contributed by atoms with Crippen LogP contribution in [0.1, 0.15) is 5.56 Å². The van der Waals surface area contributed by atoms with Gasteiger partial charge >= 0.3 is 0 Å². The highest BCUT2D eigenvalue weighted by molar-refractivity contribution is 5.82. The van der Waals surface area contributed by atoms with Crippen LogP contribution in [0.25, 0.3) is 22.5 Å². The molecule has 0 saturated heterocycles. The number of nitriles is 1. The van der Waals surface area contributed by atoms with E-state index in [1.807, 2.05) is 48.0 Å². The SMILES string of the molecule is Cn1cnnc1-c1cc(C#N)ccc1-c1cccc(N)c1. The first kappa shape index (κ1) is 12.9. The molecule has 1 heterocycles. The Morgan fingerprint density at radius 3 is 2.67 bits per heavy atom. The van der Waals surface area contributed by atoms with Gasteiger partial charge in [0.2, 0.25) is 0 Å². The normalized spacial score (nSPS) is 10.3. The number of benzene rings is 2. The van der Waals surface area contributed by atoms with Gasteiger partial charge in [0, 0.05) is 18.3 Å². The smallest absolute Gasteiger partial charge is 0.164 e. The van der Waals surface area contributed by atoms with Crippen molar-refractivity contribution in [2.75, 3.05) is 5.73 Å². The lowest BCUT2D eigenvalue weighted by molar-refractivity contribution is 0.920. The van der Waals surface area contributed by atoms with E-state index in [9.17, 15) is 0 Å². The van der Waals surface area contributed by atoms with Gasteiger partial charge in [0.1, 0.15) is 6.33 Å². The number of aryl methyl sites for hydroxylation is 1. The molecule has 0 aliphatic heterocycles. The van der Waals surface area contributed by atoms with E-state index in [1.54, 1.807) is 12.4 Å². The molecule has 2 aromatic carbocycles. The third kappa shape index (κ3) is 2.35. The van der Waals surface area contributed by atoms with Gasteiger partial charge in [-0.15, -0.1) is 10.2 Å². The number of hydrogen-bond donors (Lipinski definition) is 1. The summed E-state index contributed by atoms with van der Waals surface area (Å²) in [5, 5.41) is 17.2. The van der Waals surface area contributed by atoms with Crippen LogP contribution >= 0.6 is 0 Å². The van der Waals surface area contributed by atoms with Gasteiger partial charge in [-0.05, 0) is 35.4 Å². The van der Waals surface area contributed by atoms with Crippen molar-refractivity contribution in [3.05, 3.63) is 54.4 Å². The zero-order valence-electron chi connectivity index (χ0n) is 11.5. The van der Waals surface area contributed by atoms with Crippen molar-refractivity contribution in [2.24, 2.45) is 7.05 Å².